The van der Waals surface area contributed by atoms with E-state index in [4.69, 9.17) is 10.5 Å². The third-order valence-electron chi connectivity index (χ3n) is 2.80. The highest BCUT2D eigenvalue weighted by atomic mass is 16.5. The zero-order chi connectivity index (χ0) is 13.2. The molecule has 3 aromatic rings. The van der Waals surface area contributed by atoms with E-state index < -0.39 is 0 Å². The molecule has 0 radical (unpaired) electrons. The van der Waals surface area contributed by atoms with Gasteiger partial charge in [-0.2, -0.15) is 0 Å². The molecule has 2 heterocycles. The lowest BCUT2D eigenvalue weighted by Gasteiger charge is -2.08. The van der Waals surface area contributed by atoms with Crippen molar-refractivity contribution >= 4 is 16.6 Å². The summed E-state index contributed by atoms with van der Waals surface area (Å²) in [6, 6.07) is 11.6. The minimum absolute atomic E-state index is 0.405. The topological polar surface area (TPSA) is 61.0 Å². The Hall–Kier alpha value is -2.62. The molecule has 0 saturated heterocycles. The van der Waals surface area contributed by atoms with Crippen LogP contribution in [0.25, 0.3) is 10.9 Å². The van der Waals surface area contributed by atoms with Crippen LogP contribution in [0.2, 0.25) is 0 Å². The van der Waals surface area contributed by atoms with Crippen molar-refractivity contribution in [2.24, 2.45) is 0 Å². The van der Waals surface area contributed by atoms with E-state index in [2.05, 4.69) is 9.97 Å². The van der Waals surface area contributed by atoms with Crippen LogP contribution in [0, 0.1) is 6.92 Å². The Morgan fingerprint density at radius 3 is 2.74 bits per heavy atom. The van der Waals surface area contributed by atoms with Crippen LogP contribution in [0.15, 0.2) is 48.8 Å². The van der Waals surface area contributed by atoms with E-state index in [-0.39, 0.29) is 0 Å². The predicted molar refractivity (Wildman–Crippen MR) is 75.2 cm³/mol. The van der Waals surface area contributed by atoms with Gasteiger partial charge in [-0.05, 0) is 30.7 Å². The first kappa shape index (κ1) is 11.5. The smallest absolute Gasteiger partial charge is 0.242 e. The molecule has 1 aromatic carbocycles. The van der Waals surface area contributed by atoms with Crippen LogP contribution in [0.1, 0.15) is 5.56 Å². The van der Waals surface area contributed by atoms with E-state index in [1.54, 1.807) is 12.4 Å². The maximum atomic E-state index is 5.87. The van der Waals surface area contributed by atoms with Gasteiger partial charge >= 0.3 is 0 Å². The Morgan fingerprint density at radius 1 is 1.05 bits per heavy atom. The van der Waals surface area contributed by atoms with Gasteiger partial charge < -0.3 is 10.5 Å². The summed E-state index contributed by atoms with van der Waals surface area (Å²) in [5, 5.41) is 1.02. The third-order valence-corrected chi connectivity index (χ3v) is 2.80. The molecule has 4 nitrogen and oxygen atoms in total. The number of para-hydroxylation sites is 1. The van der Waals surface area contributed by atoms with Crippen molar-refractivity contribution in [2.75, 3.05) is 5.73 Å². The number of nitrogen functional groups attached to an aromatic ring is 1. The summed E-state index contributed by atoms with van der Waals surface area (Å²) in [5.74, 6) is 1.03. The van der Waals surface area contributed by atoms with Crippen LogP contribution in [0.3, 0.4) is 0 Å². The molecule has 0 saturated carbocycles. The van der Waals surface area contributed by atoms with Crippen molar-refractivity contribution < 1.29 is 4.74 Å². The second kappa shape index (κ2) is 4.57. The third kappa shape index (κ3) is 2.33. The molecule has 0 aliphatic rings. The molecule has 3 rings (SSSR count). The fourth-order valence-corrected chi connectivity index (χ4v) is 1.88. The van der Waals surface area contributed by atoms with E-state index in [1.807, 2.05) is 43.3 Å². The number of hydrogen-bond donors (Lipinski definition) is 1. The van der Waals surface area contributed by atoms with E-state index in [1.165, 1.54) is 0 Å². The van der Waals surface area contributed by atoms with Crippen molar-refractivity contribution in [3.8, 4) is 11.6 Å². The van der Waals surface area contributed by atoms with Crippen LogP contribution in [-0.2, 0) is 0 Å². The van der Waals surface area contributed by atoms with Crippen molar-refractivity contribution in [2.45, 2.75) is 6.92 Å². The second-order valence-electron chi connectivity index (χ2n) is 4.37. The molecule has 19 heavy (non-hydrogen) atoms. The molecule has 94 valence electrons. The summed E-state index contributed by atoms with van der Waals surface area (Å²) in [6.45, 7) is 1.94. The SMILES string of the molecule is Cc1cnc(Oc2cnc3ccccc3c2)c(N)c1. The standard InChI is InChI=1S/C15H13N3O/c1-10-6-13(16)15(18-8-10)19-12-7-11-4-2-3-5-14(11)17-9-12/h2-9H,16H2,1H3. The molecular formula is C15H13N3O. The normalized spacial score (nSPS) is 10.6. The van der Waals surface area contributed by atoms with Gasteiger partial charge in [0, 0.05) is 11.6 Å². The lowest BCUT2D eigenvalue weighted by molar-refractivity contribution is 0.464. The average molecular weight is 251 g/mol. The van der Waals surface area contributed by atoms with Crippen molar-refractivity contribution in [3.05, 3.63) is 54.4 Å². The number of pyridine rings is 2. The lowest BCUT2D eigenvalue weighted by Crippen LogP contribution is -1.96. The minimum atomic E-state index is 0.405. The summed E-state index contributed by atoms with van der Waals surface area (Å²) < 4.78 is 5.67. The molecular weight excluding hydrogens is 238 g/mol. The number of rotatable bonds is 2. The molecule has 2 aromatic heterocycles. The first-order chi connectivity index (χ1) is 9.22. The summed E-state index contributed by atoms with van der Waals surface area (Å²) in [5.41, 5.74) is 8.33. The summed E-state index contributed by atoms with van der Waals surface area (Å²) in [4.78, 5) is 8.51. The van der Waals surface area contributed by atoms with Gasteiger partial charge in [0.05, 0.1) is 17.4 Å². The zero-order valence-electron chi connectivity index (χ0n) is 10.5. The Labute approximate surface area is 110 Å². The van der Waals surface area contributed by atoms with Gasteiger partial charge in [-0.3, -0.25) is 4.98 Å². The number of nitrogens with two attached hydrogens (primary N) is 1. The molecule has 0 atom stereocenters. The molecule has 0 bridgehead atoms. The van der Waals surface area contributed by atoms with E-state index >= 15 is 0 Å². The van der Waals surface area contributed by atoms with Gasteiger partial charge in [-0.1, -0.05) is 18.2 Å². The van der Waals surface area contributed by atoms with E-state index in [0.29, 0.717) is 17.3 Å². The summed E-state index contributed by atoms with van der Waals surface area (Å²) in [7, 11) is 0. The summed E-state index contributed by atoms with van der Waals surface area (Å²) in [6.07, 6.45) is 3.39. The molecule has 4 heteroatoms. The number of aromatic nitrogens is 2. The number of anilines is 1. The van der Waals surface area contributed by atoms with Gasteiger partial charge in [0.15, 0.2) is 0 Å². The zero-order valence-corrected chi connectivity index (χ0v) is 10.5. The fraction of sp³-hybridized carbons (Fsp3) is 0.0667. The van der Waals surface area contributed by atoms with E-state index in [0.717, 1.165) is 16.5 Å². The largest absolute Gasteiger partial charge is 0.435 e. The number of benzene rings is 1. The predicted octanol–water partition coefficient (Wildman–Crippen LogP) is 3.31. The van der Waals surface area contributed by atoms with Gasteiger partial charge in [-0.25, -0.2) is 4.98 Å². The molecule has 0 fully saturated rings. The van der Waals surface area contributed by atoms with Crippen molar-refractivity contribution in [1.29, 1.82) is 0 Å². The summed E-state index contributed by atoms with van der Waals surface area (Å²) >= 11 is 0. The fourth-order valence-electron chi connectivity index (χ4n) is 1.88. The van der Waals surface area contributed by atoms with Gasteiger partial charge in [0.1, 0.15) is 5.75 Å². The number of nitrogens with zero attached hydrogens (tertiary/aromatic N) is 2. The molecule has 0 aliphatic heterocycles. The van der Waals surface area contributed by atoms with Gasteiger partial charge in [0.25, 0.3) is 0 Å². The highest BCUT2D eigenvalue weighted by Crippen LogP contribution is 2.26. The van der Waals surface area contributed by atoms with Gasteiger partial charge in [-0.15, -0.1) is 0 Å². The first-order valence-electron chi connectivity index (χ1n) is 5.97. The molecule has 0 amide bonds. The average Bonchev–Trinajstić information content (AvgIpc) is 2.42. The number of ether oxygens (including phenoxy) is 1. The second-order valence-corrected chi connectivity index (χ2v) is 4.37. The molecule has 0 spiro atoms. The van der Waals surface area contributed by atoms with Crippen LogP contribution in [-0.4, -0.2) is 9.97 Å². The Balaban J connectivity index is 1.96. The Morgan fingerprint density at radius 2 is 1.89 bits per heavy atom. The molecule has 0 aliphatic carbocycles. The van der Waals surface area contributed by atoms with Crippen LogP contribution in [0.5, 0.6) is 11.6 Å². The Kier molecular flexibility index (Phi) is 2.76. The first-order valence-corrected chi connectivity index (χ1v) is 5.97. The van der Waals surface area contributed by atoms with Crippen molar-refractivity contribution in [1.82, 2.24) is 9.97 Å². The Bertz CT molecular complexity index is 740. The van der Waals surface area contributed by atoms with E-state index in [9.17, 15) is 0 Å². The maximum Gasteiger partial charge on any atom is 0.242 e. The minimum Gasteiger partial charge on any atom is -0.435 e. The lowest BCUT2D eigenvalue weighted by atomic mass is 10.2. The maximum absolute atomic E-state index is 5.87. The van der Waals surface area contributed by atoms with Gasteiger partial charge in [0.2, 0.25) is 5.88 Å². The molecule has 2 N–H and O–H groups in total. The van der Waals surface area contributed by atoms with Crippen molar-refractivity contribution in [3.63, 3.8) is 0 Å². The quantitative estimate of drug-likeness (QED) is 0.759. The monoisotopic (exact) mass is 251 g/mol. The molecule has 0 unspecified atom stereocenters. The van der Waals surface area contributed by atoms with Crippen LogP contribution < -0.4 is 10.5 Å². The number of hydrogen-bond acceptors (Lipinski definition) is 4. The van der Waals surface area contributed by atoms with Crippen LogP contribution in [0.4, 0.5) is 5.69 Å². The highest BCUT2D eigenvalue weighted by molar-refractivity contribution is 5.79. The highest BCUT2D eigenvalue weighted by Gasteiger charge is 2.05. The number of aryl methyl sites for hydroxylation is 1. The van der Waals surface area contributed by atoms with Crippen LogP contribution >= 0.6 is 0 Å². The number of fused-ring (bicyclic) bond motifs is 1.